The highest BCUT2D eigenvalue weighted by Gasteiger charge is 2.35. The first-order chi connectivity index (χ1) is 39.4. The second-order valence-corrected chi connectivity index (χ2v) is 23.7. The zero-order valence-corrected chi connectivity index (χ0v) is 49.3. The van der Waals surface area contributed by atoms with Gasteiger partial charge in [0.15, 0.2) is 0 Å². The normalized spacial score (nSPS) is 16.9. The van der Waals surface area contributed by atoms with Gasteiger partial charge in [0, 0.05) is 94.2 Å². The Balaban J connectivity index is 0.000000196. The summed E-state index contributed by atoms with van der Waals surface area (Å²) in [5.41, 5.74) is 16.5. The molecule has 82 heavy (non-hydrogen) atoms. The van der Waals surface area contributed by atoms with Crippen LogP contribution in [0.15, 0.2) is 146 Å². The summed E-state index contributed by atoms with van der Waals surface area (Å²) in [6.07, 6.45) is 6.78. The molecule has 12 nitrogen and oxygen atoms in total. The second kappa shape index (κ2) is 27.2. The summed E-state index contributed by atoms with van der Waals surface area (Å²) in [5, 5.41) is 8.96. The van der Waals surface area contributed by atoms with E-state index in [1.807, 2.05) is 18.2 Å². The summed E-state index contributed by atoms with van der Waals surface area (Å²) in [4.78, 5) is 64.2. The number of amides is 2. The number of hydrogen-bond donors (Lipinski definition) is 2. The van der Waals surface area contributed by atoms with Crippen LogP contribution in [0.25, 0.3) is 44.1 Å². The lowest BCUT2D eigenvalue weighted by Gasteiger charge is -2.36. The van der Waals surface area contributed by atoms with Gasteiger partial charge in [-0.1, -0.05) is 109 Å². The molecule has 1 saturated carbocycles. The van der Waals surface area contributed by atoms with E-state index in [-0.39, 0.29) is 41.7 Å². The molecule has 1 aliphatic carbocycles. The molecule has 2 unspecified atom stereocenters. The Morgan fingerprint density at radius 3 is 1.32 bits per heavy atom. The summed E-state index contributed by atoms with van der Waals surface area (Å²) in [5.74, 6) is 1.09. The maximum Gasteiger partial charge on any atom is 0.373 e. The van der Waals surface area contributed by atoms with E-state index < -0.39 is 0 Å². The van der Waals surface area contributed by atoms with Crippen molar-refractivity contribution in [2.24, 2.45) is 11.8 Å². The molecule has 6 aromatic carbocycles. The van der Waals surface area contributed by atoms with Crippen LogP contribution in [-0.4, -0.2) is 92.9 Å². The predicted octanol–water partition coefficient (Wildman–Crippen LogP) is 13.0. The topological polar surface area (TPSA) is 143 Å². The lowest BCUT2D eigenvalue weighted by atomic mass is 9.91. The molecule has 11 rings (SSSR count). The monoisotopic (exact) mass is 1100 g/mol. The van der Waals surface area contributed by atoms with Gasteiger partial charge in [-0.15, -0.1) is 0 Å². The average molecular weight is 1100 g/mol. The molecular weight excluding hydrogens is 1020 g/mol. The fraction of sp³-hybridized carbons (Fsp3) is 0.371. The molecule has 2 aliphatic heterocycles. The minimum absolute atomic E-state index is 0.0231. The molecule has 0 radical (unpaired) electrons. The number of piperidine rings is 1. The van der Waals surface area contributed by atoms with E-state index in [2.05, 4.69) is 219 Å². The Hall–Kier alpha value is -7.98. The molecular formula is C70H80N6O6. The van der Waals surface area contributed by atoms with Gasteiger partial charge in [-0.2, -0.15) is 19.2 Å². The third-order valence-corrected chi connectivity index (χ3v) is 17.5. The minimum Gasteiger partial charge on any atom is -0.349 e. The van der Waals surface area contributed by atoms with Crippen LogP contribution >= 0.6 is 0 Å². The smallest absolute Gasteiger partial charge is 0.349 e. The van der Waals surface area contributed by atoms with Crippen LogP contribution < -0.4 is 10.6 Å². The highest BCUT2D eigenvalue weighted by Crippen LogP contribution is 2.34. The number of fused-ring (bicyclic) bond motifs is 2. The van der Waals surface area contributed by atoms with E-state index in [1.165, 1.54) is 105 Å². The number of carbonyl (C=O) groups excluding carboxylic acids is 6. The number of aromatic nitrogens is 2. The highest BCUT2D eigenvalue weighted by atomic mass is 16.2. The molecule has 2 N–H and O–H groups in total. The van der Waals surface area contributed by atoms with E-state index in [1.54, 1.807) is 0 Å². The van der Waals surface area contributed by atoms with Crippen molar-refractivity contribution in [3.63, 3.8) is 0 Å². The van der Waals surface area contributed by atoms with Crippen LogP contribution in [0.4, 0.5) is 0 Å². The summed E-state index contributed by atoms with van der Waals surface area (Å²) < 4.78 is 4.74. The number of benzene rings is 6. The molecule has 3 fully saturated rings. The minimum atomic E-state index is 0.0231. The Kier molecular flexibility index (Phi) is 19.9. The van der Waals surface area contributed by atoms with Crippen molar-refractivity contribution >= 4 is 45.9 Å². The molecule has 0 bridgehead atoms. The fourth-order valence-electron chi connectivity index (χ4n) is 12.1. The van der Waals surface area contributed by atoms with E-state index in [4.69, 9.17) is 19.2 Å². The molecule has 2 aromatic heterocycles. The van der Waals surface area contributed by atoms with Gasteiger partial charge in [0.05, 0.1) is 0 Å². The van der Waals surface area contributed by atoms with Crippen LogP contribution in [0.2, 0.25) is 0 Å². The second-order valence-electron chi connectivity index (χ2n) is 23.7. The van der Waals surface area contributed by atoms with Crippen molar-refractivity contribution in [1.29, 1.82) is 0 Å². The van der Waals surface area contributed by atoms with Gasteiger partial charge in [0.2, 0.25) is 0 Å². The lowest BCUT2D eigenvalue weighted by Crippen LogP contribution is -2.46. The third kappa shape index (κ3) is 14.5. The predicted molar refractivity (Wildman–Crippen MR) is 325 cm³/mol. The van der Waals surface area contributed by atoms with Gasteiger partial charge >= 0.3 is 12.3 Å². The molecule has 426 valence electrons. The number of nitrogens with one attached hydrogen (secondary N) is 2. The summed E-state index contributed by atoms with van der Waals surface area (Å²) in [6, 6.07) is 52.2. The van der Waals surface area contributed by atoms with Crippen LogP contribution in [0, 0.1) is 39.5 Å². The zero-order chi connectivity index (χ0) is 58.7. The highest BCUT2D eigenvalue weighted by molar-refractivity contribution is 6.00. The van der Waals surface area contributed by atoms with Gasteiger partial charge in [-0.05, 0) is 200 Å². The number of likely N-dealkylation sites (tertiary alicyclic amines) is 2. The number of nitrogens with zero attached hydrogens (tertiary/aromatic N) is 4. The number of hydrogen-bond acceptors (Lipinski definition) is 8. The van der Waals surface area contributed by atoms with Crippen LogP contribution in [0.5, 0.6) is 0 Å². The first-order valence-corrected chi connectivity index (χ1v) is 29.0. The van der Waals surface area contributed by atoms with Gasteiger partial charge in [0.1, 0.15) is 0 Å². The molecule has 0 spiro atoms. The Bertz CT molecular complexity index is 3510. The molecule has 12 heteroatoms. The largest absolute Gasteiger partial charge is 0.373 e. The maximum absolute atomic E-state index is 13.3. The van der Waals surface area contributed by atoms with Gasteiger partial charge in [-0.3, -0.25) is 14.5 Å². The molecule has 4 heterocycles. The first-order valence-electron chi connectivity index (χ1n) is 29.0. The van der Waals surface area contributed by atoms with Crippen molar-refractivity contribution in [3.05, 3.63) is 190 Å². The van der Waals surface area contributed by atoms with Gasteiger partial charge in [-0.25, -0.2) is 0 Å². The lowest BCUT2D eigenvalue weighted by molar-refractivity contribution is -0.193. The van der Waals surface area contributed by atoms with E-state index in [0.29, 0.717) is 11.8 Å². The first kappa shape index (κ1) is 60.1. The van der Waals surface area contributed by atoms with Gasteiger partial charge in [0.25, 0.3) is 11.8 Å². The van der Waals surface area contributed by atoms with Crippen molar-refractivity contribution in [2.45, 2.75) is 131 Å². The van der Waals surface area contributed by atoms with Crippen LogP contribution in [-0.2, 0) is 32.3 Å². The number of carbonyl (C=O) groups is 2. The molecule has 2 amide bonds. The standard InChI is InChI=1S/C34H39N3O.C34H41N3O.2CO2/c1-23-25(3)37(21-26-11-13-28(14-12-26)27-8-5-4-6-9-27)33-18-15-29(20-32(23)33)34(38)35-24(2)30-10-7-19-36(22-30)31-16-17-31;1-23-25(3)37(21-26-12-14-28(15-13-26)27-10-8-7-9-11-27)32-17-16-29(20-31(23)32)33(38)35-24(2)30-18-19-36(22-30)34(4,5)6;2*2-1-3/h4-6,8-9,11-15,18,20,24,30-31H,7,10,16-17,19,21-22H2,1-3H3,(H,35,38);7-17,20,24,30H,18-19,21-22H2,1-6H3,(H,35,38);;/t2*24-,30?;;/m00../s1. The van der Waals surface area contributed by atoms with Crippen molar-refractivity contribution in [2.75, 3.05) is 26.2 Å². The number of rotatable bonds is 13. The Morgan fingerprint density at radius 1 is 0.524 bits per heavy atom. The molecule has 2 saturated heterocycles. The maximum atomic E-state index is 13.3. The third-order valence-electron chi connectivity index (χ3n) is 17.5. The fourth-order valence-corrected chi connectivity index (χ4v) is 12.1. The van der Waals surface area contributed by atoms with Gasteiger partial charge < -0.3 is 24.7 Å². The SMILES string of the molecule is Cc1c(C)n(Cc2ccc(-c3ccccc3)cc2)c2ccc(C(=O)N[C@@H](C)C3CCCN(C4CC4)C3)cc12.Cc1c(C)n(Cc2ccc(-c3ccccc3)cc2)c2ccc(C(=O)N[C@@H](C)C3CCN(C(C)(C)C)C3)cc12.O=C=O.O=C=O. The van der Waals surface area contributed by atoms with E-state index in [0.717, 1.165) is 61.7 Å². The molecule has 3 aliphatic rings. The molecule has 8 aromatic rings. The quantitative estimate of drug-likeness (QED) is 0.116. The van der Waals surface area contributed by atoms with Crippen molar-refractivity contribution < 1.29 is 28.8 Å². The molecule has 4 atom stereocenters. The Morgan fingerprint density at radius 2 is 0.927 bits per heavy atom. The summed E-state index contributed by atoms with van der Waals surface area (Å²) in [6.45, 7) is 25.9. The summed E-state index contributed by atoms with van der Waals surface area (Å²) in [7, 11) is 0. The zero-order valence-electron chi connectivity index (χ0n) is 49.3. The van der Waals surface area contributed by atoms with Crippen molar-refractivity contribution in [1.82, 2.24) is 29.6 Å². The number of aryl methyl sites for hydroxylation is 2. The van der Waals surface area contributed by atoms with Crippen molar-refractivity contribution in [3.8, 4) is 22.3 Å². The average Bonchev–Trinajstić information content (AvgIpc) is 4.33. The van der Waals surface area contributed by atoms with E-state index >= 15 is 0 Å². The Labute approximate surface area is 483 Å². The van der Waals surface area contributed by atoms with Crippen LogP contribution in [0.1, 0.15) is 121 Å². The van der Waals surface area contributed by atoms with Crippen LogP contribution in [0.3, 0.4) is 0 Å². The van der Waals surface area contributed by atoms with E-state index in [9.17, 15) is 9.59 Å². The summed E-state index contributed by atoms with van der Waals surface area (Å²) >= 11 is 0.